The predicted molar refractivity (Wildman–Crippen MR) is 105 cm³/mol. The highest BCUT2D eigenvalue weighted by Crippen LogP contribution is 2.17. The standard InChI is InChI=1S/C12H10.C6H6O.C3H9P/c1-3-7-11(8-4-1)12-9-5-2-6-10-12;7-6-4-2-1-3-5-6;1-4(2)3/h1-10H;1-5,7H;1-3H3. The lowest BCUT2D eigenvalue weighted by atomic mass is 10.1. The van der Waals surface area contributed by atoms with E-state index in [1.54, 1.807) is 24.3 Å². The third kappa shape index (κ3) is 9.50. The molecule has 0 saturated carbocycles. The minimum absolute atomic E-state index is 0.322. The fourth-order valence-corrected chi connectivity index (χ4v) is 1.69. The zero-order valence-electron chi connectivity index (χ0n) is 14.1. The summed E-state index contributed by atoms with van der Waals surface area (Å²) in [6, 6.07) is 29.5. The number of hydrogen-bond donors (Lipinski definition) is 1. The van der Waals surface area contributed by atoms with E-state index >= 15 is 0 Å². The van der Waals surface area contributed by atoms with Crippen LogP contribution in [0, 0.1) is 0 Å². The quantitative estimate of drug-likeness (QED) is 0.536. The van der Waals surface area contributed by atoms with Gasteiger partial charge in [0.05, 0.1) is 0 Å². The van der Waals surface area contributed by atoms with E-state index in [0.717, 1.165) is 0 Å². The molecule has 0 amide bonds. The number of rotatable bonds is 1. The number of hydrogen-bond acceptors (Lipinski definition) is 1. The molecule has 1 N–H and O–H groups in total. The zero-order valence-corrected chi connectivity index (χ0v) is 14.9. The number of phenolic OH excluding ortho intramolecular Hbond substituents is 1. The fourth-order valence-electron chi connectivity index (χ4n) is 1.69. The molecule has 0 atom stereocenters. The first-order chi connectivity index (χ1) is 11.1. The second-order valence-corrected chi connectivity index (χ2v) is 8.09. The van der Waals surface area contributed by atoms with Gasteiger partial charge in [0.25, 0.3) is 0 Å². The summed E-state index contributed by atoms with van der Waals surface area (Å²) in [7, 11) is 0.380. The van der Waals surface area contributed by atoms with Crippen LogP contribution in [0.5, 0.6) is 5.75 Å². The van der Waals surface area contributed by atoms with E-state index in [0.29, 0.717) is 13.7 Å². The Labute approximate surface area is 141 Å². The second-order valence-electron chi connectivity index (χ2n) is 5.41. The molecule has 23 heavy (non-hydrogen) atoms. The van der Waals surface area contributed by atoms with Crippen LogP contribution in [0.4, 0.5) is 0 Å². The van der Waals surface area contributed by atoms with Gasteiger partial charge in [-0.2, -0.15) is 0 Å². The summed E-state index contributed by atoms with van der Waals surface area (Å²) in [5.41, 5.74) is 2.55. The Bertz CT molecular complexity index is 582. The molecular weight excluding hydrogens is 299 g/mol. The van der Waals surface area contributed by atoms with Gasteiger partial charge in [-0.15, -0.1) is 7.92 Å². The van der Waals surface area contributed by atoms with Crippen molar-refractivity contribution in [1.29, 1.82) is 0 Å². The first-order valence-corrected chi connectivity index (χ1v) is 10.2. The van der Waals surface area contributed by atoms with Crippen LogP contribution in [0.1, 0.15) is 0 Å². The molecule has 0 radical (unpaired) electrons. The Morgan fingerprint density at radius 3 is 1.00 bits per heavy atom. The van der Waals surface area contributed by atoms with E-state index in [1.807, 2.05) is 18.2 Å². The van der Waals surface area contributed by atoms with Crippen molar-refractivity contribution >= 4 is 7.92 Å². The van der Waals surface area contributed by atoms with Crippen molar-refractivity contribution in [3.63, 3.8) is 0 Å². The molecule has 0 unspecified atom stereocenters. The molecule has 0 aliphatic carbocycles. The number of phenols is 1. The zero-order chi connectivity index (χ0) is 16.9. The van der Waals surface area contributed by atoms with Gasteiger partial charge in [-0.1, -0.05) is 78.9 Å². The Hall–Kier alpha value is -2.11. The highest BCUT2D eigenvalue weighted by atomic mass is 31.1. The number of para-hydroxylation sites is 1. The van der Waals surface area contributed by atoms with Gasteiger partial charge >= 0.3 is 0 Å². The number of benzene rings is 3. The second kappa shape index (κ2) is 11.5. The summed E-state index contributed by atoms with van der Waals surface area (Å²) >= 11 is 0. The fraction of sp³-hybridized carbons (Fsp3) is 0.143. The van der Waals surface area contributed by atoms with Gasteiger partial charge in [0, 0.05) is 0 Å². The molecular formula is C21H25OP. The van der Waals surface area contributed by atoms with Crippen LogP contribution in [0.15, 0.2) is 91.0 Å². The van der Waals surface area contributed by atoms with Gasteiger partial charge < -0.3 is 5.11 Å². The van der Waals surface area contributed by atoms with Crippen LogP contribution in [0.3, 0.4) is 0 Å². The summed E-state index contributed by atoms with van der Waals surface area (Å²) < 4.78 is 0. The molecule has 0 aliphatic heterocycles. The van der Waals surface area contributed by atoms with Crippen LogP contribution in [0.2, 0.25) is 0 Å². The van der Waals surface area contributed by atoms with Crippen molar-refractivity contribution in [2.75, 3.05) is 20.0 Å². The van der Waals surface area contributed by atoms with Gasteiger partial charge in [0.1, 0.15) is 5.75 Å². The maximum Gasteiger partial charge on any atom is 0.115 e. The van der Waals surface area contributed by atoms with Gasteiger partial charge in [-0.05, 0) is 43.3 Å². The van der Waals surface area contributed by atoms with Crippen molar-refractivity contribution in [3.05, 3.63) is 91.0 Å². The summed E-state index contributed by atoms with van der Waals surface area (Å²) in [6.45, 7) is 6.69. The van der Waals surface area contributed by atoms with Gasteiger partial charge in [0.15, 0.2) is 0 Å². The van der Waals surface area contributed by atoms with E-state index in [4.69, 9.17) is 5.11 Å². The normalized spacial score (nSPS) is 9.22. The number of aromatic hydroxyl groups is 1. The third-order valence-electron chi connectivity index (χ3n) is 2.64. The molecule has 0 aromatic heterocycles. The van der Waals surface area contributed by atoms with Gasteiger partial charge in [-0.25, -0.2) is 0 Å². The van der Waals surface area contributed by atoms with E-state index in [9.17, 15) is 0 Å². The van der Waals surface area contributed by atoms with Crippen molar-refractivity contribution in [1.82, 2.24) is 0 Å². The summed E-state index contributed by atoms with van der Waals surface area (Å²) in [5, 5.41) is 8.63. The molecule has 0 saturated heterocycles. The molecule has 0 heterocycles. The monoisotopic (exact) mass is 324 g/mol. The molecule has 3 aromatic rings. The average Bonchev–Trinajstić information content (AvgIpc) is 2.57. The lowest BCUT2D eigenvalue weighted by Gasteiger charge is -1.98. The smallest absolute Gasteiger partial charge is 0.115 e. The molecule has 2 heteroatoms. The van der Waals surface area contributed by atoms with Crippen LogP contribution in [-0.2, 0) is 0 Å². The van der Waals surface area contributed by atoms with E-state index in [-0.39, 0.29) is 0 Å². The molecule has 0 fully saturated rings. The predicted octanol–water partition coefficient (Wildman–Crippen LogP) is 6.10. The molecule has 0 bridgehead atoms. The molecule has 3 aromatic carbocycles. The van der Waals surface area contributed by atoms with Crippen molar-refractivity contribution < 1.29 is 5.11 Å². The average molecular weight is 324 g/mol. The Morgan fingerprint density at radius 2 is 0.783 bits per heavy atom. The highest BCUT2D eigenvalue weighted by molar-refractivity contribution is 7.55. The third-order valence-corrected chi connectivity index (χ3v) is 2.64. The topological polar surface area (TPSA) is 20.2 Å². The molecule has 3 rings (SSSR count). The lowest BCUT2D eigenvalue weighted by molar-refractivity contribution is 0.475. The van der Waals surface area contributed by atoms with Crippen LogP contribution in [0.25, 0.3) is 11.1 Å². The van der Waals surface area contributed by atoms with E-state index in [2.05, 4.69) is 68.5 Å². The molecule has 0 aliphatic rings. The van der Waals surface area contributed by atoms with Crippen LogP contribution in [-0.4, -0.2) is 25.1 Å². The largest absolute Gasteiger partial charge is 0.508 e. The molecule has 0 spiro atoms. The van der Waals surface area contributed by atoms with Crippen molar-refractivity contribution in [2.45, 2.75) is 0 Å². The summed E-state index contributed by atoms with van der Waals surface area (Å²) in [4.78, 5) is 0. The maximum atomic E-state index is 8.63. The maximum absolute atomic E-state index is 8.63. The van der Waals surface area contributed by atoms with Crippen LogP contribution >= 0.6 is 7.92 Å². The summed E-state index contributed by atoms with van der Waals surface area (Å²) in [5.74, 6) is 0.322. The molecule has 120 valence electrons. The van der Waals surface area contributed by atoms with Crippen LogP contribution < -0.4 is 0 Å². The summed E-state index contributed by atoms with van der Waals surface area (Å²) in [6.07, 6.45) is 0. The van der Waals surface area contributed by atoms with Gasteiger partial charge in [-0.3, -0.25) is 0 Å². The Kier molecular flexibility index (Phi) is 9.43. The minimum Gasteiger partial charge on any atom is -0.508 e. The lowest BCUT2D eigenvalue weighted by Crippen LogP contribution is -1.73. The van der Waals surface area contributed by atoms with Crippen molar-refractivity contribution in [2.24, 2.45) is 0 Å². The first kappa shape index (κ1) is 18.9. The van der Waals surface area contributed by atoms with E-state index < -0.39 is 0 Å². The first-order valence-electron chi connectivity index (χ1n) is 7.55. The SMILES string of the molecule is CP(C)C.Oc1ccccc1.c1ccc(-c2ccccc2)cc1. The Morgan fingerprint density at radius 1 is 0.522 bits per heavy atom. The molecule has 1 nitrogen and oxygen atoms in total. The minimum atomic E-state index is 0.322. The van der Waals surface area contributed by atoms with E-state index in [1.165, 1.54) is 11.1 Å². The van der Waals surface area contributed by atoms with Crippen molar-refractivity contribution in [3.8, 4) is 16.9 Å². The van der Waals surface area contributed by atoms with Gasteiger partial charge in [0.2, 0.25) is 0 Å². The highest BCUT2D eigenvalue weighted by Gasteiger charge is 1.91. The Balaban J connectivity index is 0.000000204.